The van der Waals surface area contributed by atoms with Crippen LogP contribution < -0.4 is 11.3 Å². The van der Waals surface area contributed by atoms with Gasteiger partial charge in [0.1, 0.15) is 5.82 Å². The normalized spacial score (nSPS) is 17.9. The van der Waals surface area contributed by atoms with Crippen LogP contribution in [0.5, 0.6) is 0 Å². The Labute approximate surface area is 102 Å². The molecule has 0 amide bonds. The average molecular weight is 235 g/mol. The van der Waals surface area contributed by atoms with Gasteiger partial charge in [-0.25, -0.2) is 4.98 Å². The van der Waals surface area contributed by atoms with Crippen LogP contribution in [0, 0.1) is 0 Å². The number of hydrogen-bond donors (Lipinski definition) is 2. The standard InChI is InChI=1S/C13H21N3O/c14-8-7-11-9-12(17)16-13(15-11)10-5-3-1-2-4-6-10/h9-10H,1-8,14H2,(H,15,16,17). The minimum Gasteiger partial charge on any atom is -0.330 e. The summed E-state index contributed by atoms with van der Waals surface area (Å²) in [7, 11) is 0. The second kappa shape index (κ2) is 5.96. The van der Waals surface area contributed by atoms with Gasteiger partial charge in [0.25, 0.3) is 5.56 Å². The molecule has 1 saturated carbocycles. The van der Waals surface area contributed by atoms with Crippen molar-refractivity contribution in [2.75, 3.05) is 6.54 Å². The van der Waals surface area contributed by atoms with E-state index in [-0.39, 0.29) is 5.56 Å². The molecule has 4 heteroatoms. The number of rotatable bonds is 3. The first-order valence-electron chi connectivity index (χ1n) is 6.60. The molecule has 0 radical (unpaired) electrons. The van der Waals surface area contributed by atoms with Crippen molar-refractivity contribution in [1.82, 2.24) is 9.97 Å². The number of hydrogen-bond acceptors (Lipinski definition) is 3. The zero-order valence-electron chi connectivity index (χ0n) is 10.2. The summed E-state index contributed by atoms with van der Waals surface area (Å²) in [5.74, 6) is 1.31. The van der Waals surface area contributed by atoms with Gasteiger partial charge < -0.3 is 10.7 Å². The molecular weight excluding hydrogens is 214 g/mol. The topological polar surface area (TPSA) is 71.8 Å². The maximum Gasteiger partial charge on any atom is 0.251 e. The molecule has 1 aromatic heterocycles. The van der Waals surface area contributed by atoms with E-state index in [1.54, 1.807) is 6.07 Å². The average Bonchev–Trinajstić information content (AvgIpc) is 2.57. The third-order valence-electron chi connectivity index (χ3n) is 3.46. The van der Waals surface area contributed by atoms with Gasteiger partial charge in [-0.3, -0.25) is 4.79 Å². The quantitative estimate of drug-likeness (QED) is 0.783. The highest BCUT2D eigenvalue weighted by Crippen LogP contribution is 2.29. The lowest BCUT2D eigenvalue weighted by Crippen LogP contribution is -2.17. The van der Waals surface area contributed by atoms with Crippen LogP contribution in [0.15, 0.2) is 10.9 Å². The highest BCUT2D eigenvalue weighted by molar-refractivity contribution is 5.07. The molecule has 1 aliphatic carbocycles. The molecule has 0 spiro atoms. The first kappa shape index (κ1) is 12.3. The molecule has 0 aromatic carbocycles. The first-order valence-corrected chi connectivity index (χ1v) is 6.60. The molecule has 0 unspecified atom stereocenters. The van der Waals surface area contributed by atoms with Crippen molar-refractivity contribution in [3.63, 3.8) is 0 Å². The summed E-state index contributed by atoms with van der Waals surface area (Å²) in [4.78, 5) is 19.0. The lowest BCUT2D eigenvalue weighted by Gasteiger charge is -2.13. The summed E-state index contributed by atoms with van der Waals surface area (Å²) in [6.07, 6.45) is 8.09. The smallest absolute Gasteiger partial charge is 0.251 e. The minimum atomic E-state index is -0.0392. The minimum absolute atomic E-state index is 0.0392. The van der Waals surface area contributed by atoms with Crippen molar-refractivity contribution in [3.05, 3.63) is 27.9 Å². The third-order valence-corrected chi connectivity index (χ3v) is 3.46. The van der Waals surface area contributed by atoms with Gasteiger partial charge in [0.2, 0.25) is 0 Å². The lowest BCUT2D eigenvalue weighted by atomic mass is 9.99. The third kappa shape index (κ3) is 3.40. The van der Waals surface area contributed by atoms with Crippen molar-refractivity contribution in [2.45, 2.75) is 50.9 Å². The molecule has 1 aromatic rings. The van der Waals surface area contributed by atoms with E-state index < -0.39 is 0 Å². The predicted molar refractivity (Wildman–Crippen MR) is 68.1 cm³/mol. The van der Waals surface area contributed by atoms with Gasteiger partial charge in [0.05, 0.1) is 0 Å². The van der Waals surface area contributed by atoms with E-state index in [4.69, 9.17) is 5.73 Å². The summed E-state index contributed by atoms with van der Waals surface area (Å²) in [5.41, 5.74) is 6.30. The molecule has 2 rings (SSSR count). The molecule has 0 bridgehead atoms. The summed E-state index contributed by atoms with van der Waals surface area (Å²) < 4.78 is 0. The van der Waals surface area contributed by atoms with Gasteiger partial charge >= 0.3 is 0 Å². The van der Waals surface area contributed by atoms with Gasteiger partial charge in [0.15, 0.2) is 0 Å². The second-order valence-corrected chi connectivity index (χ2v) is 4.85. The Balaban J connectivity index is 2.20. The molecule has 0 atom stereocenters. The van der Waals surface area contributed by atoms with Gasteiger partial charge in [0, 0.05) is 24.1 Å². The van der Waals surface area contributed by atoms with E-state index >= 15 is 0 Å². The number of aromatic amines is 1. The number of nitrogens with one attached hydrogen (secondary N) is 1. The van der Waals surface area contributed by atoms with Crippen LogP contribution in [0.3, 0.4) is 0 Å². The summed E-state index contributed by atoms with van der Waals surface area (Å²) >= 11 is 0. The summed E-state index contributed by atoms with van der Waals surface area (Å²) in [6, 6.07) is 1.56. The van der Waals surface area contributed by atoms with Crippen LogP contribution >= 0.6 is 0 Å². The predicted octanol–water partition coefficient (Wildman–Crippen LogP) is 1.71. The summed E-state index contributed by atoms with van der Waals surface area (Å²) in [5, 5.41) is 0. The number of nitrogens with two attached hydrogens (primary N) is 1. The number of nitrogens with zero attached hydrogens (tertiary/aromatic N) is 1. The van der Waals surface area contributed by atoms with Crippen LogP contribution in [-0.2, 0) is 6.42 Å². The van der Waals surface area contributed by atoms with E-state index in [1.165, 1.54) is 25.7 Å². The molecule has 17 heavy (non-hydrogen) atoms. The van der Waals surface area contributed by atoms with Crippen LogP contribution in [0.25, 0.3) is 0 Å². The number of H-pyrrole nitrogens is 1. The molecule has 3 N–H and O–H groups in total. The largest absolute Gasteiger partial charge is 0.330 e. The Hall–Kier alpha value is -1.16. The number of aromatic nitrogens is 2. The molecule has 1 fully saturated rings. The van der Waals surface area contributed by atoms with E-state index in [0.717, 1.165) is 24.4 Å². The van der Waals surface area contributed by atoms with Crippen LogP contribution in [0.2, 0.25) is 0 Å². The van der Waals surface area contributed by atoms with E-state index in [1.807, 2.05) is 0 Å². The lowest BCUT2D eigenvalue weighted by molar-refractivity contribution is 0.555. The van der Waals surface area contributed by atoms with Crippen LogP contribution in [-0.4, -0.2) is 16.5 Å². The maximum absolute atomic E-state index is 11.6. The van der Waals surface area contributed by atoms with Gasteiger partial charge in [-0.15, -0.1) is 0 Å². The Morgan fingerprint density at radius 2 is 2.00 bits per heavy atom. The Kier molecular flexibility index (Phi) is 4.31. The van der Waals surface area contributed by atoms with Crippen molar-refractivity contribution in [2.24, 2.45) is 5.73 Å². The molecular formula is C13H21N3O. The van der Waals surface area contributed by atoms with Crippen LogP contribution in [0.4, 0.5) is 0 Å². The fourth-order valence-electron chi connectivity index (χ4n) is 2.55. The molecule has 1 heterocycles. The maximum atomic E-state index is 11.6. The second-order valence-electron chi connectivity index (χ2n) is 4.85. The fourth-order valence-corrected chi connectivity index (χ4v) is 2.55. The first-order chi connectivity index (χ1) is 8.29. The van der Waals surface area contributed by atoms with E-state index in [9.17, 15) is 4.79 Å². The van der Waals surface area contributed by atoms with Gasteiger partial charge in [-0.2, -0.15) is 0 Å². The highest BCUT2D eigenvalue weighted by atomic mass is 16.1. The van der Waals surface area contributed by atoms with Crippen molar-refractivity contribution >= 4 is 0 Å². The Morgan fingerprint density at radius 3 is 2.65 bits per heavy atom. The summed E-state index contributed by atoms with van der Waals surface area (Å²) in [6.45, 7) is 0.542. The molecule has 1 aliphatic rings. The Bertz CT molecular complexity index is 405. The van der Waals surface area contributed by atoms with Gasteiger partial charge in [-0.1, -0.05) is 25.7 Å². The Morgan fingerprint density at radius 1 is 1.29 bits per heavy atom. The highest BCUT2D eigenvalue weighted by Gasteiger charge is 2.17. The molecule has 4 nitrogen and oxygen atoms in total. The fraction of sp³-hybridized carbons (Fsp3) is 0.692. The molecule has 0 aliphatic heterocycles. The van der Waals surface area contributed by atoms with Crippen LogP contribution in [0.1, 0.15) is 56.0 Å². The monoisotopic (exact) mass is 235 g/mol. The zero-order valence-corrected chi connectivity index (χ0v) is 10.2. The van der Waals surface area contributed by atoms with Crippen molar-refractivity contribution in [3.8, 4) is 0 Å². The molecule has 94 valence electrons. The molecule has 0 saturated heterocycles. The zero-order chi connectivity index (χ0) is 12.1. The van der Waals surface area contributed by atoms with E-state index in [2.05, 4.69) is 9.97 Å². The van der Waals surface area contributed by atoms with Gasteiger partial charge in [-0.05, 0) is 19.4 Å². The van der Waals surface area contributed by atoms with Crippen molar-refractivity contribution < 1.29 is 0 Å². The van der Waals surface area contributed by atoms with E-state index in [0.29, 0.717) is 18.9 Å². The van der Waals surface area contributed by atoms with Crippen molar-refractivity contribution in [1.29, 1.82) is 0 Å². The SMILES string of the molecule is NCCc1cc(=O)[nH]c(C2CCCCCC2)n1.